The molecule has 20 heavy (non-hydrogen) atoms. The smallest absolute Gasteiger partial charge is 0.337 e. The third-order valence-corrected chi connectivity index (χ3v) is 3.19. The average molecular weight is 336 g/mol. The maximum Gasteiger partial charge on any atom is 0.337 e. The van der Waals surface area contributed by atoms with Crippen LogP contribution >= 0.6 is 15.9 Å². The quantitative estimate of drug-likeness (QED) is 0.791. The van der Waals surface area contributed by atoms with Crippen LogP contribution in [-0.4, -0.2) is 24.2 Å². The molecule has 0 saturated carbocycles. The fourth-order valence-corrected chi connectivity index (χ4v) is 1.97. The van der Waals surface area contributed by atoms with Gasteiger partial charge in [-0.15, -0.1) is 0 Å². The zero-order valence-corrected chi connectivity index (χ0v) is 12.3. The molecule has 0 spiro atoms. The van der Waals surface area contributed by atoms with Crippen molar-refractivity contribution in [2.45, 2.75) is 0 Å². The van der Waals surface area contributed by atoms with E-state index in [1.807, 2.05) is 24.3 Å². The first-order chi connectivity index (χ1) is 9.66. The van der Waals surface area contributed by atoms with Gasteiger partial charge in [-0.05, 0) is 36.4 Å². The highest BCUT2D eigenvalue weighted by molar-refractivity contribution is 9.10. The van der Waals surface area contributed by atoms with Gasteiger partial charge in [-0.3, -0.25) is 0 Å². The first-order valence-corrected chi connectivity index (χ1v) is 6.90. The van der Waals surface area contributed by atoms with Crippen LogP contribution in [0.25, 0.3) is 0 Å². The van der Waals surface area contributed by atoms with E-state index in [9.17, 15) is 4.79 Å². The van der Waals surface area contributed by atoms with Crippen LogP contribution in [0.1, 0.15) is 10.4 Å². The fraction of sp³-hybridized carbons (Fsp3) is 0.133. The van der Waals surface area contributed by atoms with Crippen molar-refractivity contribution in [1.29, 1.82) is 0 Å². The number of carboxylic acids is 1. The third-order valence-electron chi connectivity index (χ3n) is 2.66. The summed E-state index contributed by atoms with van der Waals surface area (Å²) in [5, 5.41) is 12.1. The van der Waals surface area contributed by atoms with Crippen LogP contribution in [0.3, 0.4) is 0 Å². The van der Waals surface area contributed by atoms with E-state index in [0.717, 1.165) is 10.2 Å². The van der Waals surface area contributed by atoms with Crippen LogP contribution in [-0.2, 0) is 0 Å². The monoisotopic (exact) mass is 335 g/mol. The number of anilines is 1. The lowest BCUT2D eigenvalue weighted by Gasteiger charge is -2.10. The van der Waals surface area contributed by atoms with Crippen molar-refractivity contribution in [3.8, 4) is 5.75 Å². The van der Waals surface area contributed by atoms with E-state index in [1.54, 1.807) is 24.3 Å². The highest BCUT2D eigenvalue weighted by Crippen LogP contribution is 2.17. The standard InChI is InChI=1S/C15H14BrNO3/c16-11-5-7-12(8-6-11)20-10-9-17-14-4-2-1-3-13(14)15(18)19/h1-8,17H,9-10H2,(H,18,19). The van der Waals surface area contributed by atoms with E-state index in [1.165, 1.54) is 0 Å². The minimum absolute atomic E-state index is 0.260. The normalized spacial score (nSPS) is 10.1. The Hall–Kier alpha value is -2.01. The number of carbonyl (C=O) groups is 1. The minimum atomic E-state index is -0.943. The molecule has 104 valence electrons. The third kappa shape index (κ3) is 3.99. The van der Waals surface area contributed by atoms with Crippen LogP contribution in [0.2, 0.25) is 0 Å². The summed E-state index contributed by atoms with van der Waals surface area (Å²) in [6.07, 6.45) is 0. The molecule has 0 unspecified atom stereocenters. The number of para-hydroxylation sites is 1. The van der Waals surface area contributed by atoms with E-state index < -0.39 is 5.97 Å². The number of ether oxygens (including phenoxy) is 1. The molecule has 0 aliphatic heterocycles. The number of aromatic carboxylic acids is 1. The predicted octanol–water partition coefficient (Wildman–Crippen LogP) is 3.64. The first-order valence-electron chi connectivity index (χ1n) is 6.11. The molecule has 2 rings (SSSR count). The maximum absolute atomic E-state index is 11.0. The lowest BCUT2D eigenvalue weighted by atomic mass is 10.2. The van der Waals surface area contributed by atoms with Gasteiger partial charge in [-0.25, -0.2) is 4.79 Å². The predicted molar refractivity (Wildman–Crippen MR) is 81.5 cm³/mol. The molecule has 0 radical (unpaired) electrons. The summed E-state index contributed by atoms with van der Waals surface area (Å²) in [5.74, 6) is -0.163. The Bertz CT molecular complexity index is 584. The molecule has 0 bridgehead atoms. The van der Waals surface area contributed by atoms with Crippen molar-refractivity contribution in [1.82, 2.24) is 0 Å². The molecule has 4 nitrogen and oxygen atoms in total. The molecular weight excluding hydrogens is 322 g/mol. The van der Waals surface area contributed by atoms with Gasteiger partial charge in [0.25, 0.3) is 0 Å². The molecule has 0 fully saturated rings. The Morgan fingerprint density at radius 2 is 1.85 bits per heavy atom. The number of benzene rings is 2. The van der Waals surface area contributed by atoms with Gasteiger partial charge in [0.05, 0.1) is 5.56 Å². The average Bonchev–Trinajstić information content (AvgIpc) is 2.46. The van der Waals surface area contributed by atoms with Crippen LogP contribution in [0.15, 0.2) is 53.0 Å². The molecule has 0 aliphatic carbocycles. The molecule has 0 amide bonds. The summed E-state index contributed by atoms with van der Waals surface area (Å²) in [6.45, 7) is 0.982. The molecule has 0 aromatic heterocycles. The van der Waals surface area contributed by atoms with E-state index in [2.05, 4.69) is 21.2 Å². The van der Waals surface area contributed by atoms with Gasteiger partial charge >= 0.3 is 5.97 Å². The van der Waals surface area contributed by atoms with Crippen molar-refractivity contribution in [2.75, 3.05) is 18.5 Å². The van der Waals surface area contributed by atoms with Crippen LogP contribution in [0.4, 0.5) is 5.69 Å². The summed E-state index contributed by atoms with van der Waals surface area (Å²) in [7, 11) is 0. The van der Waals surface area contributed by atoms with E-state index in [4.69, 9.17) is 9.84 Å². The Labute approximate surface area is 125 Å². The molecule has 0 atom stereocenters. The fourth-order valence-electron chi connectivity index (χ4n) is 1.71. The summed E-state index contributed by atoms with van der Waals surface area (Å²) in [6, 6.07) is 14.4. The highest BCUT2D eigenvalue weighted by atomic mass is 79.9. The molecule has 0 aliphatic rings. The van der Waals surface area contributed by atoms with Gasteiger partial charge in [-0.2, -0.15) is 0 Å². The Balaban J connectivity index is 1.84. The largest absolute Gasteiger partial charge is 0.492 e. The summed E-state index contributed by atoms with van der Waals surface area (Å²) in [4.78, 5) is 11.0. The lowest BCUT2D eigenvalue weighted by molar-refractivity contribution is 0.0698. The Kier molecular flexibility index (Phi) is 5.01. The zero-order chi connectivity index (χ0) is 14.4. The number of nitrogens with one attached hydrogen (secondary N) is 1. The van der Waals surface area contributed by atoms with Gasteiger partial charge in [0.2, 0.25) is 0 Å². The molecule has 5 heteroatoms. The number of hydrogen-bond donors (Lipinski definition) is 2. The van der Waals surface area contributed by atoms with Crippen molar-refractivity contribution in [3.05, 3.63) is 58.6 Å². The number of carboxylic acid groups (broad SMARTS) is 1. The van der Waals surface area contributed by atoms with Crippen LogP contribution in [0, 0.1) is 0 Å². The molecular formula is C15H14BrNO3. The Morgan fingerprint density at radius 3 is 2.55 bits per heavy atom. The summed E-state index contributed by atoms with van der Waals surface area (Å²) < 4.78 is 6.55. The number of halogens is 1. The second-order valence-electron chi connectivity index (χ2n) is 4.08. The van der Waals surface area contributed by atoms with Crippen LogP contribution in [0.5, 0.6) is 5.75 Å². The second kappa shape index (κ2) is 6.96. The van der Waals surface area contributed by atoms with Gasteiger partial charge in [-0.1, -0.05) is 28.1 Å². The van der Waals surface area contributed by atoms with Gasteiger partial charge < -0.3 is 15.2 Å². The molecule has 2 aromatic carbocycles. The van der Waals surface area contributed by atoms with Gasteiger partial charge in [0, 0.05) is 16.7 Å². The number of rotatable bonds is 6. The number of hydrogen-bond acceptors (Lipinski definition) is 3. The minimum Gasteiger partial charge on any atom is -0.492 e. The zero-order valence-electron chi connectivity index (χ0n) is 10.7. The summed E-state index contributed by atoms with van der Waals surface area (Å²) in [5.41, 5.74) is 0.857. The molecule has 0 saturated heterocycles. The Morgan fingerprint density at radius 1 is 1.15 bits per heavy atom. The van der Waals surface area contributed by atoms with Crippen molar-refractivity contribution in [2.24, 2.45) is 0 Å². The van der Waals surface area contributed by atoms with Crippen LogP contribution < -0.4 is 10.1 Å². The first kappa shape index (κ1) is 14.4. The topological polar surface area (TPSA) is 58.6 Å². The highest BCUT2D eigenvalue weighted by Gasteiger charge is 2.07. The van der Waals surface area contributed by atoms with Crippen molar-refractivity contribution < 1.29 is 14.6 Å². The van der Waals surface area contributed by atoms with E-state index >= 15 is 0 Å². The van der Waals surface area contributed by atoms with E-state index in [0.29, 0.717) is 18.8 Å². The van der Waals surface area contributed by atoms with Crippen molar-refractivity contribution in [3.63, 3.8) is 0 Å². The molecule has 0 heterocycles. The summed E-state index contributed by atoms with van der Waals surface area (Å²) >= 11 is 3.36. The van der Waals surface area contributed by atoms with Gasteiger partial charge in [0.1, 0.15) is 12.4 Å². The maximum atomic E-state index is 11.0. The lowest BCUT2D eigenvalue weighted by Crippen LogP contribution is -2.13. The second-order valence-corrected chi connectivity index (χ2v) is 5.00. The molecule has 2 N–H and O–H groups in total. The van der Waals surface area contributed by atoms with Crippen molar-refractivity contribution >= 4 is 27.6 Å². The van der Waals surface area contributed by atoms with E-state index in [-0.39, 0.29) is 5.56 Å². The molecule has 2 aromatic rings. The SMILES string of the molecule is O=C(O)c1ccccc1NCCOc1ccc(Br)cc1. The van der Waals surface area contributed by atoms with Gasteiger partial charge in [0.15, 0.2) is 0 Å².